The Hall–Kier alpha value is -1.63. The molecule has 0 aliphatic carbocycles. The van der Waals surface area contributed by atoms with Crippen LogP contribution in [0.1, 0.15) is 39.0 Å². The van der Waals surface area contributed by atoms with Gasteiger partial charge in [-0.1, -0.05) is 6.92 Å². The minimum absolute atomic E-state index is 0.0236. The number of nitrogens with one attached hydrogen (secondary N) is 2. The fourth-order valence-corrected chi connectivity index (χ4v) is 2.62. The topological polar surface area (TPSA) is 122 Å². The van der Waals surface area contributed by atoms with E-state index >= 15 is 0 Å². The van der Waals surface area contributed by atoms with Crippen LogP contribution in [0.3, 0.4) is 0 Å². The van der Waals surface area contributed by atoms with Gasteiger partial charge in [0, 0.05) is 12.8 Å². The number of primary amides is 1. The molecular formula is C14H25N3O4. The van der Waals surface area contributed by atoms with Gasteiger partial charge in [0.15, 0.2) is 0 Å². The number of aliphatic carboxylic acids is 1. The van der Waals surface area contributed by atoms with Crippen LogP contribution in [0.25, 0.3) is 0 Å². The zero-order valence-corrected chi connectivity index (χ0v) is 12.4. The average molecular weight is 299 g/mol. The summed E-state index contributed by atoms with van der Waals surface area (Å²) in [4.78, 5) is 33.7. The number of carboxylic acid groups (broad SMARTS) is 1. The second kappa shape index (κ2) is 8.61. The average Bonchev–Trinajstić information content (AvgIpc) is 2.43. The molecule has 0 bridgehead atoms. The molecule has 3 atom stereocenters. The molecule has 120 valence electrons. The van der Waals surface area contributed by atoms with Gasteiger partial charge in [0.1, 0.15) is 6.04 Å². The van der Waals surface area contributed by atoms with Crippen molar-refractivity contribution < 1.29 is 19.5 Å². The molecule has 0 spiro atoms. The summed E-state index contributed by atoms with van der Waals surface area (Å²) in [5.74, 6) is -1.36. The van der Waals surface area contributed by atoms with Crippen molar-refractivity contribution in [2.45, 2.75) is 45.1 Å². The molecule has 0 radical (unpaired) electrons. The van der Waals surface area contributed by atoms with E-state index in [1.807, 2.05) is 6.92 Å². The van der Waals surface area contributed by atoms with Crippen LogP contribution >= 0.6 is 0 Å². The first-order valence-electron chi connectivity index (χ1n) is 7.41. The number of rotatable bonds is 8. The van der Waals surface area contributed by atoms with E-state index < -0.39 is 17.9 Å². The second-order valence-electron chi connectivity index (χ2n) is 5.75. The van der Waals surface area contributed by atoms with Crippen molar-refractivity contribution in [2.24, 2.45) is 17.6 Å². The zero-order chi connectivity index (χ0) is 15.8. The van der Waals surface area contributed by atoms with Crippen molar-refractivity contribution in [3.63, 3.8) is 0 Å². The van der Waals surface area contributed by atoms with Gasteiger partial charge in [-0.3, -0.25) is 9.59 Å². The molecule has 0 saturated carbocycles. The highest BCUT2D eigenvalue weighted by molar-refractivity contribution is 5.84. The van der Waals surface area contributed by atoms with Crippen LogP contribution in [0.2, 0.25) is 0 Å². The minimum Gasteiger partial charge on any atom is -0.480 e. The van der Waals surface area contributed by atoms with Crippen LogP contribution in [-0.2, 0) is 14.4 Å². The summed E-state index contributed by atoms with van der Waals surface area (Å²) < 4.78 is 0. The largest absolute Gasteiger partial charge is 0.480 e. The molecule has 1 fully saturated rings. The van der Waals surface area contributed by atoms with Crippen LogP contribution in [0, 0.1) is 11.8 Å². The molecule has 21 heavy (non-hydrogen) atoms. The van der Waals surface area contributed by atoms with E-state index in [1.54, 1.807) is 0 Å². The van der Waals surface area contributed by atoms with Gasteiger partial charge in [-0.2, -0.15) is 0 Å². The normalized spacial score (nSPS) is 21.3. The number of carboxylic acids is 1. The Balaban J connectivity index is 2.41. The predicted molar refractivity (Wildman–Crippen MR) is 77.4 cm³/mol. The van der Waals surface area contributed by atoms with E-state index in [0.29, 0.717) is 12.3 Å². The first-order chi connectivity index (χ1) is 9.90. The summed E-state index contributed by atoms with van der Waals surface area (Å²) in [6.45, 7) is 3.93. The Morgan fingerprint density at radius 2 is 2.14 bits per heavy atom. The number of nitrogens with two attached hydrogens (primary N) is 1. The van der Waals surface area contributed by atoms with Crippen LogP contribution < -0.4 is 16.4 Å². The molecule has 0 aromatic carbocycles. The van der Waals surface area contributed by atoms with Crippen molar-refractivity contribution in [1.29, 1.82) is 0 Å². The highest BCUT2D eigenvalue weighted by atomic mass is 16.4. The molecule has 0 aromatic heterocycles. The Bertz CT molecular complexity index is 380. The Kier molecular flexibility index (Phi) is 7.14. The summed E-state index contributed by atoms with van der Waals surface area (Å²) in [6, 6.07) is -1.05. The summed E-state index contributed by atoms with van der Waals surface area (Å²) in [5.41, 5.74) is 5.00. The maximum Gasteiger partial charge on any atom is 0.326 e. The lowest BCUT2D eigenvalue weighted by atomic mass is 9.85. The number of piperidine rings is 1. The predicted octanol–water partition coefficient (Wildman–Crippen LogP) is -0.153. The number of amides is 2. The third-order valence-corrected chi connectivity index (χ3v) is 3.96. The molecule has 1 saturated heterocycles. The smallest absolute Gasteiger partial charge is 0.326 e. The van der Waals surface area contributed by atoms with Gasteiger partial charge in [-0.05, 0) is 44.2 Å². The highest BCUT2D eigenvalue weighted by Gasteiger charge is 2.25. The Labute approximate surface area is 124 Å². The summed E-state index contributed by atoms with van der Waals surface area (Å²) in [7, 11) is 0. The van der Waals surface area contributed by atoms with Gasteiger partial charge >= 0.3 is 5.97 Å². The van der Waals surface area contributed by atoms with Crippen molar-refractivity contribution in [2.75, 3.05) is 13.1 Å². The van der Waals surface area contributed by atoms with E-state index in [9.17, 15) is 14.4 Å². The molecular weight excluding hydrogens is 274 g/mol. The fourth-order valence-electron chi connectivity index (χ4n) is 2.62. The first-order valence-corrected chi connectivity index (χ1v) is 7.41. The van der Waals surface area contributed by atoms with Gasteiger partial charge < -0.3 is 21.5 Å². The summed E-state index contributed by atoms with van der Waals surface area (Å²) >= 11 is 0. The van der Waals surface area contributed by atoms with E-state index in [2.05, 4.69) is 10.6 Å². The number of carbonyl (C=O) groups excluding carboxylic acids is 2. The molecule has 7 heteroatoms. The lowest BCUT2D eigenvalue weighted by Crippen LogP contribution is -2.43. The van der Waals surface area contributed by atoms with Crippen LogP contribution in [-0.4, -0.2) is 42.0 Å². The molecule has 1 heterocycles. The standard InChI is InChI=1S/C14H25N3O4/c1-9(10-3-2-6-16-8-10)7-13(19)17-11(14(20)21)4-5-12(15)18/h9-11,16H,2-8H2,1H3,(H2,15,18)(H,17,19)(H,20,21)/t9?,10?,11-/m1/s1. The van der Waals surface area contributed by atoms with Crippen LogP contribution in [0.4, 0.5) is 0 Å². The molecule has 0 aromatic rings. The molecule has 5 N–H and O–H groups in total. The number of hydrogen-bond acceptors (Lipinski definition) is 4. The van der Waals surface area contributed by atoms with E-state index in [-0.39, 0.29) is 24.7 Å². The SMILES string of the molecule is CC(CC(=O)N[C@H](CCC(N)=O)C(=O)O)C1CCCNC1. The molecule has 2 unspecified atom stereocenters. The monoisotopic (exact) mass is 299 g/mol. The lowest BCUT2D eigenvalue weighted by molar-refractivity contribution is -0.142. The van der Waals surface area contributed by atoms with Crippen LogP contribution in [0.5, 0.6) is 0 Å². The zero-order valence-electron chi connectivity index (χ0n) is 12.4. The van der Waals surface area contributed by atoms with Crippen LogP contribution in [0.15, 0.2) is 0 Å². The van der Waals surface area contributed by atoms with Gasteiger partial charge in [0.25, 0.3) is 0 Å². The van der Waals surface area contributed by atoms with E-state index in [0.717, 1.165) is 25.9 Å². The molecule has 7 nitrogen and oxygen atoms in total. The molecule has 1 aliphatic rings. The molecule has 1 aliphatic heterocycles. The van der Waals surface area contributed by atoms with Crippen molar-refractivity contribution in [3.05, 3.63) is 0 Å². The van der Waals surface area contributed by atoms with Gasteiger partial charge in [-0.15, -0.1) is 0 Å². The Morgan fingerprint density at radius 3 is 2.67 bits per heavy atom. The van der Waals surface area contributed by atoms with Crippen molar-refractivity contribution >= 4 is 17.8 Å². The van der Waals surface area contributed by atoms with E-state index in [1.165, 1.54) is 0 Å². The fraction of sp³-hybridized carbons (Fsp3) is 0.786. The van der Waals surface area contributed by atoms with Crippen molar-refractivity contribution in [3.8, 4) is 0 Å². The summed E-state index contributed by atoms with van der Waals surface area (Å²) in [6.07, 6.45) is 2.46. The second-order valence-corrected chi connectivity index (χ2v) is 5.75. The van der Waals surface area contributed by atoms with E-state index in [4.69, 9.17) is 10.8 Å². The highest BCUT2D eigenvalue weighted by Crippen LogP contribution is 2.22. The third kappa shape index (κ3) is 6.57. The van der Waals surface area contributed by atoms with Gasteiger partial charge in [-0.25, -0.2) is 4.79 Å². The third-order valence-electron chi connectivity index (χ3n) is 3.96. The maximum atomic E-state index is 11.9. The summed E-state index contributed by atoms with van der Waals surface area (Å²) in [5, 5.41) is 14.8. The molecule has 1 rings (SSSR count). The minimum atomic E-state index is -1.14. The molecule has 2 amide bonds. The van der Waals surface area contributed by atoms with Crippen molar-refractivity contribution in [1.82, 2.24) is 10.6 Å². The quantitative estimate of drug-likeness (QED) is 0.496. The lowest BCUT2D eigenvalue weighted by Gasteiger charge is -2.28. The van der Waals surface area contributed by atoms with Gasteiger partial charge in [0.2, 0.25) is 11.8 Å². The Morgan fingerprint density at radius 1 is 1.43 bits per heavy atom. The van der Waals surface area contributed by atoms with Gasteiger partial charge in [0.05, 0.1) is 0 Å². The number of hydrogen-bond donors (Lipinski definition) is 4. The first kappa shape index (κ1) is 17.4. The maximum absolute atomic E-state index is 11.9. The number of carbonyl (C=O) groups is 3.